The molecular formula is C21H16ClF3N4O. The van der Waals surface area contributed by atoms with Gasteiger partial charge in [-0.15, -0.1) is 0 Å². The summed E-state index contributed by atoms with van der Waals surface area (Å²) in [6.45, 7) is 1.51. The van der Waals surface area contributed by atoms with Crippen molar-refractivity contribution >= 4 is 40.4 Å². The van der Waals surface area contributed by atoms with E-state index in [1.165, 1.54) is 13.1 Å². The predicted molar refractivity (Wildman–Crippen MR) is 111 cm³/mol. The van der Waals surface area contributed by atoms with Crippen LogP contribution in [0.4, 0.5) is 30.4 Å². The highest BCUT2D eigenvalue weighted by atomic mass is 35.5. The van der Waals surface area contributed by atoms with Gasteiger partial charge in [0, 0.05) is 23.3 Å². The number of aromatic nitrogens is 1. The maximum Gasteiger partial charge on any atom is 0.416 e. The van der Waals surface area contributed by atoms with Crippen molar-refractivity contribution in [3.63, 3.8) is 0 Å². The Balaban J connectivity index is 1.87. The molecule has 0 saturated heterocycles. The van der Waals surface area contributed by atoms with Crippen molar-refractivity contribution in [2.45, 2.75) is 13.1 Å². The van der Waals surface area contributed by atoms with Crippen molar-refractivity contribution in [1.29, 1.82) is 5.41 Å². The Kier molecular flexibility index (Phi) is 6.07. The molecule has 0 aliphatic rings. The van der Waals surface area contributed by atoms with Crippen molar-refractivity contribution in [1.82, 2.24) is 4.98 Å². The van der Waals surface area contributed by atoms with Gasteiger partial charge in [-0.25, -0.2) is 4.98 Å². The maximum absolute atomic E-state index is 12.7. The van der Waals surface area contributed by atoms with E-state index in [1.54, 1.807) is 0 Å². The summed E-state index contributed by atoms with van der Waals surface area (Å²) in [5.74, 6) is -0.342. The molecule has 9 heteroatoms. The molecular weight excluding hydrogens is 417 g/mol. The van der Waals surface area contributed by atoms with E-state index in [9.17, 15) is 18.0 Å². The Morgan fingerprint density at radius 1 is 1.03 bits per heavy atom. The molecule has 0 spiro atoms. The Morgan fingerprint density at radius 3 is 2.23 bits per heavy atom. The number of amides is 1. The first-order valence-electron chi connectivity index (χ1n) is 8.71. The fraction of sp³-hybridized carbons (Fsp3) is 0.0952. The van der Waals surface area contributed by atoms with Crippen LogP contribution >= 0.6 is 11.6 Å². The molecule has 154 valence electrons. The van der Waals surface area contributed by atoms with E-state index in [0.717, 1.165) is 30.0 Å². The summed E-state index contributed by atoms with van der Waals surface area (Å²) in [4.78, 5) is 16.8. The minimum atomic E-state index is -4.46. The second-order valence-corrected chi connectivity index (χ2v) is 6.73. The molecule has 3 aromatic rings. The van der Waals surface area contributed by atoms with Gasteiger partial charge in [0.1, 0.15) is 5.82 Å². The molecule has 30 heavy (non-hydrogen) atoms. The molecule has 0 fully saturated rings. The van der Waals surface area contributed by atoms with E-state index in [0.29, 0.717) is 5.82 Å². The van der Waals surface area contributed by atoms with E-state index in [4.69, 9.17) is 17.0 Å². The van der Waals surface area contributed by atoms with E-state index >= 15 is 0 Å². The second kappa shape index (κ2) is 8.54. The molecule has 0 atom stereocenters. The molecule has 0 radical (unpaired) electrons. The lowest BCUT2D eigenvalue weighted by atomic mass is 10.1. The highest BCUT2D eigenvalue weighted by Gasteiger charge is 2.30. The molecule has 5 nitrogen and oxygen atoms in total. The number of nitrogens with zero attached hydrogens (tertiary/aromatic N) is 1. The third kappa shape index (κ3) is 4.77. The minimum Gasteiger partial charge on any atom is -0.340 e. The summed E-state index contributed by atoms with van der Waals surface area (Å²) in [5, 5.41) is 13.6. The number of rotatable bonds is 5. The normalized spacial score (nSPS) is 11.1. The van der Waals surface area contributed by atoms with Crippen LogP contribution in [0.15, 0.2) is 60.8 Å². The fourth-order valence-electron chi connectivity index (χ4n) is 2.68. The number of anilines is 3. The average Bonchev–Trinajstić information content (AvgIpc) is 2.68. The number of hydrogen-bond donors (Lipinski definition) is 3. The lowest BCUT2D eigenvalue weighted by Gasteiger charge is -2.15. The number of pyridine rings is 1. The number of halogens is 4. The van der Waals surface area contributed by atoms with E-state index in [-0.39, 0.29) is 27.5 Å². The van der Waals surface area contributed by atoms with Crippen LogP contribution in [-0.2, 0) is 6.18 Å². The van der Waals surface area contributed by atoms with E-state index < -0.39 is 17.6 Å². The van der Waals surface area contributed by atoms with Crippen molar-refractivity contribution in [2.24, 2.45) is 0 Å². The smallest absolute Gasteiger partial charge is 0.340 e. The maximum atomic E-state index is 12.7. The molecule has 0 saturated carbocycles. The van der Waals surface area contributed by atoms with Gasteiger partial charge in [-0.2, -0.15) is 13.2 Å². The van der Waals surface area contributed by atoms with Crippen LogP contribution in [0, 0.1) is 5.41 Å². The van der Waals surface area contributed by atoms with Crippen LogP contribution in [0.2, 0.25) is 5.02 Å². The lowest BCUT2D eigenvalue weighted by molar-refractivity contribution is -0.137. The molecule has 3 rings (SSSR count). The van der Waals surface area contributed by atoms with Crippen molar-refractivity contribution < 1.29 is 18.0 Å². The second-order valence-electron chi connectivity index (χ2n) is 6.35. The predicted octanol–water partition coefficient (Wildman–Crippen LogP) is 6.14. The Hall–Kier alpha value is -3.39. The Labute approximate surface area is 175 Å². The molecule has 1 amide bonds. The van der Waals surface area contributed by atoms with Crippen LogP contribution in [0.25, 0.3) is 0 Å². The summed E-state index contributed by atoms with van der Waals surface area (Å²) in [7, 11) is 0. The van der Waals surface area contributed by atoms with Gasteiger partial charge in [0.2, 0.25) is 0 Å². The standard InChI is InChI=1S/C21H16ClF3N4O/c1-12(26)17-18(22)16(11-27-19(17)28-14-5-3-2-4-6-14)20(30)29-15-9-7-13(8-10-15)21(23,24)25/h2-11,26H,1H3,(H,27,28)(H,29,30). The van der Waals surface area contributed by atoms with Gasteiger partial charge in [0.25, 0.3) is 5.91 Å². The zero-order chi connectivity index (χ0) is 21.9. The zero-order valence-corrected chi connectivity index (χ0v) is 16.4. The molecule has 3 N–H and O–H groups in total. The van der Waals surface area contributed by atoms with Gasteiger partial charge < -0.3 is 16.0 Å². The first kappa shape index (κ1) is 21.3. The van der Waals surface area contributed by atoms with Gasteiger partial charge in [-0.1, -0.05) is 29.8 Å². The van der Waals surface area contributed by atoms with Gasteiger partial charge in [0.05, 0.1) is 21.7 Å². The van der Waals surface area contributed by atoms with Crippen molar-refractivity contribution in [3.8, 4) is 0 Å². The molecule has 1 aromatic heterocycles. The summed E-state index contributed by atoms with van der Waals surface area (Å²) >= 11 is 6.39. The third-order valence-corrected chi connectivity index (χ3v) is 4.53. The van der Waals surface area contributed by atoms with Crippen LogP contribution < -0.4 is 10.6 Å². The van der Waals surface area contributed by atoms with Crippen molar-refractivity contribution in [3.05, 3.63) is 82.5 Å². The van der Waals surface area contributed by atoms with Crippen LogP contribution in [0.1, 0.15) is 28.4 Å². The quantitative estimate of drug-likeness (QED) is 0.424. The van der Waals surface area contributed by atoms with Gasteiger partial charge >= 0.3 is 6.18 Å². The number of carbonyl (C=O) groups is 1. The summed E-state index contributed by atoms with van der Waals surface area (Å²) < 4.78 is 38.0. The SMILES string of the molecule is CC(=N)c1c(Nc2ccccc2)ncc(C(=O)Nc2ccc(C(F)(F)F)cc2)c1Cl. The number of hydrogen-bond acceptors (Lipinski definition) is 4. The Morgan fingerprint density at radius 2 is 1.67 bits per heavy atom. The number of benzene rings is 2. The fourth-order valence-corrected chi connectivity index (χ4v) is 3.05. The molecule has 1 heterocycles. The highest BCUT2D eigenvalue weighted by Crippen LogP contribution is 2.31. The van der Waals surface area contributed by atoms with Crippen LogP contribution in [-0.4, -0.2) is 16.6 Å². The largest absolute Gasteiger partial charge is 0.416 e. The third-order valence-electron chi connectivity index (χ3n) is 4.14. The zero-order valence-electron chi connectivity index (χ0n) is 15.6. The number of para-hydroxylation sites is 1. The van der Waals surface area contributed by atoms with Crippen molar-refractivity contribution in [2.75, 3.05) is 10.6 Å². The number of carbonyl (C=O) groups excluding carboxylic acids is 1. The average molecular weight is 433 g/mol. The summed E-state index contributed by atoms with van der Waals surface area (Å²) in [6.07, 6.45) is -3.22. The Bertz CT molecular complexity index is 1080. The first-order valence-corrected chi connectivity index (χ1v) is 9.09. The van der Waals surface area contributed by atoms with Gasteiger partial charge in [-0.3, -0.25) is 4.79 Å². The molecule has 2 aromatic carbocycles. The summed E-state index contributed by atoms with van der Waals surface area (Å²) in [5.41, 5.74) is 0.417. The monoisotopic (exact) mass is 432 g/mol. The minimum absolute atomic E-state index is 0.00298. The van der Waals surface area contributed by atoms with Crippen LogP contribution in [0.3, 0.4) is 0 Å². The number of alkyl halides is 3. The molecule has 0 aliphatic heterocycles. The molecule has 0 bridgehead atoms. The van der Waals surface area contributed by atoms with Gasteiger partial charge in [0.15, 0.2) is 0 Å². The molecule has 0 aliphatic carbocycles. The topological polar surface area (TPSA) is 77.9 Å². The van der Waals surface area contributed by atoms with Crippen LogP contribution in [0.5, 0.6) is 0 Å². The molecule has 0 unspecified atom stereocenters. The summed E-state index contributed by atoms with van der Waals surface area (Å²) in [6, 6.07) is 13.2. The van der Waals surface area contributed by atoms with E-state index in [1.807, 2.05) is 30.3 Å². The number of nitrogens with one attached hydrogen (secondary N) is 3. The first-order chi connectivity index (χ1) is 14.2. The van der Waals surface area contributed by atoms with E-state index in [2.05, 4.69) is 15.6 Å². The lowest BCUT2D eigenvalue weighted by Crippen LogP contribution is -2.16. The highest BCUT2D eigenvalue weighted by molar-refractivity contribution is 6.38. The van der Waals surface area contributed by atoms with Gasteiger partial charge in [-0.05, 0) is 43.3 Å².